The van der Waals surface area contributed by atoms with Crippen LogP contribution in [-0.4, -0.2) is 0 Å². The first-order valence-corrected chi connectivity index (χ1v) is 7.35. The Balaban J connectivity index is -0.0000000166. The minimum Gasteiger partial charge on any atom is -0.106 e. The molecule has 0 saturated heterocycles. The molecule has 0 aromatic heterocycles. The standard InChI is InChI=1S/C5H10.C3H6.4C2H6.C2H4/c1-4-5(2)3;1-3-2;5*1-2/h4H,1-3H3;3H,1H2,2H3;4*1-2H3;1-2H2. The number of hydrogen-bond donors (Lipinski definition) is 0. The molecular formula is C18H44. The van der Waals surface area contributed by atoms with Crippen LogP contribution in [0, 0.1) is 0 Å². The number of allylic oxidation sites excluding steroid dienone is 3. The van der Waals surface area contributed by atoms with E-state index in [1.165, 1.54) is 5.57 Å². The minimum absolute atomic E-state index is 1.38. The van der Waals surface area contributed by atoms with E-state index in [2.05, 4.69) is 39.7 Å². The van der Waals surface area contributed by atoms with Crippen molar-refractivity contribution in [2.45, 2.75) is 83.1 Å². The Kier molecular flexibility index (Phi) is 508. The second kappa shape index (κ2) is 211. The molecular weight excluding hydrogens is 216 g/mol. The van der Waals surface area contributed by atoms with Crippen LogP contribution in [0.1, 0.15) is 83.1 Å². The summed E-state index contributed by atoms with van der Waals surface area (Å²) in [5.41, 5.74) is 1.38. The lowest BCUT2D eigenvalue weighted by molar-refractivity contribution is 1.36. The van der Waals surface area contributed by atoms with Crippen LogP contribution in [0.4, 0.5) is 0 Å². The summed E-state index contributed by atoms with van der Waals surface area (Å²) in [6.45, 7) is 33.5. The Morgan fingerprint density at radius 2 is 0.722 bits per heavy atom. The highest BCUT2D eigenvalue weighted by Crippen LogP contribution is 1.82. The van der Waals surface area contributed by atoms with Crippen molar-refractivity contribution in [2.75, 3.05) is 0 Å². The molecule has 0 atom stereocenters. The van der Waals surface area contributed by atoms with Gasteiger partial charge >= 0.3 is 0 Å². The maximum atomic E-state index is 3.36. The van der Waals surface area contributed by atoms with Crippen LogP contribution in [0.2, 0.25) is 0 Å². The topological polar surface area (TPSA) is 0 Å². The molecule has 0 spiro atoms. The van der Waals surface area contributed by atoms with Crippen molar-refractivity contribution in [1.82, 2.24) is 0 Å². The van der Waals surface area contributed by atoms with E-state index in [1.54, 1.807) is 6.08 Å². The zero-order valence-electron chi connectivity index (χ0n) is 15.8. The maximum Gasteiger partial charge on any atom is -0.0442 e. The van der Waals surface area contributed by atoms with Gasteiger partial charge in [0.25, 0.3) is 0 Å². The zero-order valence-corrected chi connectivity index (χ0v) is 15.8. The molecule has 0 unspecified atom stereocenters. The maximum absolute atomic E-state index is 3.36. The van der Waals surface area contributed by atoms with E-state index in [-0.39, 0.29) is 0 Å². The average molecular weight is 261 g/mol. The van der Waals surface area contributed by atoms with Gasteiger partial charge in [-0.25, -0.2) is 0 Å². The highest BCUT2D eigenvalue weighted by atomic mass is 13.7. The molecule has 0 N–H and O–H groups in total. The van der Waals surface area contributed by atoms with Crippen LogP contribution in [-0.2, 0) is 0 Å². The fourth-order valence-electron chi connectivity index (χ4n) is 0. The third-order valence-corrected chi connectivity index (χ3v) is 0.577. The third-order valence-electron chi connectivity index (χ3n) is 0.577. The fraction of sp³-hybridized carbons (Fsp3) is 0.667. The molecule has 0 radical (unpaired) electrons. The Morgan fingerprint density at radius 1 is 0.667 bits per heavy atom. The van der Waals surface area contributed by atoms with Crippen LogP contribution in [0.15, 0.2) is 37.5 Å². The van der Waals surface area contributed by atoms with E-state index in [0.717, 1.165) is 0 Å². The van der Waals surface area contributed by atoms with E-state index in [1.807, 2.05) is 69.2 Å². The summed E-state index contributed by atoms with van der Waals surface area (Å²) in [7, 11) is 0. The minimum atomic E-state index is 1.38. The van der Waals surface area contributed by atoms with Crippen LogP contribution >= 0.6 is 0 Å². The van der Waals surface area contributed by atoms with Gasteiger partial charge in [-0.05, 0) is 27.7 Å². The van der Waals surface area contributed by atoms with Gasteiger partial charge in [0.15, 0.2) is 0 Å². The lowest BCUT2D eigenvalue weighted by Gasteiger charge is -1.74. The van der Waals surface area contributed by atoms with Crippen molar-refractivity contribution in [3.05, 3.63) is 37.5 Å². The van der Waals surface area contributed by atoms with Crippen molar-refractivity contribution < 1.29 is 0 Å². The first-order valence-electron chi connectivity index (χ1n) is 7.35. The number of rotatable bonds is 0. The molecule has 116 valence electrons. The van der Waals surface area contributed by atoms with Gasteiger partial charge < -0.3 is 0 Å². The van der Waals surface area contributed by atoms with Crippen molar-refractivity contribution in [2.24, 2.45) is 0 Å². The SMILES string of the molecule is C=C.C=CC.CC.CC.CC.CC.CC=C(C)C. The second-order valence-corrected chi connectivity index (χ2v) is 1.77. The zero-order chi connectivity index (χ0) is 17.0. The van der Waals surface area contributed by atoms with Gasteiger partial charge in [0.05, 0.1) is 0 Å². The summed E-state index contributed by atoms with van der Waals surface area (Å²) in [5.74, 6) is 0. The lowest BCUT2D eigenvalue weighted by atomic mass is 10.3. The third kappa shape index (κ3) is 2070. The van der Waals surface area contributed by atoms with Gasteiger partial charge in [-0.1, -0.05) is 73.1 Å². The van der Waals surface area contributed by atoms with Crippen LogP contribution in [0.5, 0.6) is 0 Å². The largest absolute Gasteiger partial charge is 0.106 e. The van der Waals surface area contributed by atoms with E-state index in [4.69, 9.17) is 0 Å². The lowest BCUT2D eigenvalue weighted by Crippen LogP contribution is -1.52. The predicted molar refractivity (Wildman–Crippen MR) is 97.6 cm³/mol. The van der Waals surface area contributed by atoms with Gasteiger partial charge in [-0.15, -0.1) is 19.7 Å². The molecule has 0 saturated carbocycles. The first kappa shape index (κ1) is 43.4. The molecule has 0 rings (SSSR count). The molecule has 0 amide bonds. The Labute approximate surface area is 121 Å². The highest BCUT2D eigenvalue weighted by molar-refractivity contribution is 4.88. The van der Waals surface area contributed by atoms with Crippen molar-refractivity contribution >= 4 is 0 Å². The van der Waals surface area contributed by atoms with Crippen molar-refractivity contribution in [3.63, 3.8) is 0 Å². The summed E-state index contributed by atoms with van der Waals surface area (Å²) in [6, 6.07) is 0. The second-order valence-electron chi connectivity index (χ2n) is 1.77. The molecule has 0 aromatic carbocycles. The molecule has 0 aromatic rings. The molecule has 0 aliphatic heterocycles. The Bertz CT molecular complexity index is 74.0. The van der Waals surface area contributed by atoms with Crippen LogP contribution in [0.3, 0.4) is 0 Å². The predicted octanol–water partition coefficient (Wildman–Crippen LogP) is 8.07. The molecule has 0 aliphatic rings. The molecule has 18 heavy (non-hydrogen) atoms. The highest BCUT2D eigenvalue weighted by Gasteiger charge is 1.60. The van der Waals surface area contributed by atoms with Crippen molar-refractivity contribution in [1.29, 1.82) is 0 Å². The molecule has 0 bridgehead atoms. The number of hydrogen-bond acceptors (Lipinski definition) is 0. The smallest absolute Gasteiger partial charge is 0.0442 e. The van der Waals surface area contributed by atoms with Gasteiger partial charge in [-0.2, -0.15) is 0 Å². The quantitative estimate of drug-likeness (QED) is 0.386. The summed E-state index contributed by atoms with van der Waals surface area (Å²) < 4.78 is 0. The first-order chi connectivity index (χ1) is 8.68. The fourth-order valence-corrected chi connectivity index (χ4v) is 0. The average Bonchev–Trinajstić information content (AvgIpc) is 2.50. The van der Waals surface area contributed by atoms with Gasteiger partial charge in [-0.3, -0.25) is 0 Å². The van der Waals surface area contributed by atoms with E-state index in [9.17, 15) is 0 Å². The normalized spacial score (nSPS) is 4.22. The molecule has 0 nitrogen and oxygen atoms in total. The molecule has 0 fully saturated rings. The Morgan fingerprint density at radius 3 is 0.722 bits per heavy atom. The van der Waals surface area contributed by atoms with E-state index in [0.29, 0.717) is 0 Å². The summed E-state index contributed by atoms with van der Waals surface area (Å²) in [5, 5.41) is 0. The van der Waals surface area contributed by atoms with Crippen LogP contribution < -0.4 is 0 Å². The summed E-state index contributed by atoms with van der Waals surface area (Å²) >= 11 is 0. The summed E-state index contributed by atoms with van der Waals surface area (Å²) in [6.07, 6.45) is 3.83. The molecule has 0 aliphatic carbocycles. The molecule has 0 heterocycles. The van der Waals surface area contributed by atoms with Gasteiger partial charge in [0, 0.05) is 0 Å². The van der Waals surface area contributed by atoms with Crippen molar-refractivity contribution in [3.8, 4) is 0 Å². The van der Waals surface area contributed by atoms with Crippen LogP contribution in [0.25, 0.3) is 0 Å². The summed E-state index contributed by atoms with van der Waals surface area (Å²) in [4.78, 5) is 0. The van der Waals surface area contributed by atoms with E-state index < -0.39 is 0 Å². The van der Waals surface area contributed by atoms with Gasteiger partial charge in [0.1, 0.15) is 0 Å². The van der Waals surface area contributed by atoms with Gasteiger partial charge in [0.2, 0.25) is 0 Å². The van der Waals surface area contributed by atoms with E-state index >= 15 is 0 Å². The Hall–Kier alpha value is -0.780. The monoisotopic (exact) mass is 260 g/mol. The molecule has 0 heteroatoms.